The molecule has 0 aromatic heterocycles. The lowest BCUT2D eigenvalue weighted by atomic mass is 10.1. The summed E-state index contributed by atoms with van der Waals surface area (Å²) in [7, 11) is 0. The molecule has 3 heteroatoms. The molecule has 2 rings (SSSR count). The number of hydrogen-bond donors (Lipinski definition) is 0. The van der Waals surface area contributed by atoms with Crippen molar-refractivity contribution in [2.24, 2.45) is 5.92 Å². The first-order chi connectivity index (χ1) is 5.18. The molecule has 11 heavy (non-hydrogen) atoms. The zero-order valence-electron chi connectivity index (χ0n) is 6.43. The smallest absolute Gasteiger partial charge is 0.138 e. The molecule has 0 aromatic rings. The standard InChI is InChI=1S/C8H11F2N/c1-5-7(10)4-11-3-6(9)2-8(5)11/h2,5-7H,3-4H2,1H3/t5?,6?,7-/m0/s1. The Morgan fingerprint density at radius 1 is 1.45 bits per heavy atom. The van der Waals surface area contributed by atoms with Crippen molar-refractivity contribution in [3.8, 4) is 0 Å². The van der Waals surface area contributed by atoms with E-state index in [1.165, 1.54) is 0 Å². The number of allylic oxidation sites excluding steroid dienone is 1. The predicted molar refractivity (Wildman–Crippen MR) is 38.6 cm³/mol. The Bertz CT molecular complexity index is 202. The van der Waals surface area contributed by atoms with E-state index in [4.69, 9.17) is 0 Å². The summed E-state index contributed by atoms with van der Waals surface area (Å²) in [6.45, 7) is 2.56. The Kier molecular flexibility index (Phi) is 1.41. The van der Waals surface area contributed by atoms with Gasteiger partial charge < -0.3 is 4.90 Å². The average molecular weight is 159 g/mol. The summed E-state index contributed by atoms with van der Waals surface area (Å²) in [6, 6.07) is 0. The van der Waals surface area contributed by atoms with Crippen LogP contribution >= 0.6 is 0 Å². The first-order valence-corrected chi connectivity index (χ1v) is 3.93. The molecular weight excluding hydrogens is 148 g/mol. The van der Waals surface area contributed by atoms with Crippen LogP contribution in [0.15, 0.2) is 11.8 Å². The van der Waals surface area contributed by atoms with Crippen LogP contribution in [0.3, 0.4) is 0 Å². The van der Waals surface area contributed by atoms with Gasteiger partial charge >= 0.3 is 0 Å². The average Bonchev–Trinajstić information content (AvgIpc) is 2.37. The van der Waals surface area contributed by atoms with Crippen molar-refractivity contribution in [3.05, 3.63) is 11.8 Å². The van der Waals surface area contributed by atoms with E-state index in [1.807, 2.05) is 6.92 Å². The molecule has 0 spiro atoms. The van der Waals surface area contributed by atoms with Crippen LogP contribution in [0.25, 0.3) is 0 Å². The molecule has 0 aromatic carbocycles. The highest BCUT2D eigenvalue weighted by atomic mass is 19.1. The van der Waals surface area contributed by atoms with Gasteiger partial charge in [0.15, 0.2) is 0 Å². The van der Waals surface area contributed by atoms with E-state index in [1.54, 1.807) is 11.0 Å². The highest BCUT2D eigenvalue weighted by Gasteiger charge is 2.38. The van der Waals surface area contributed by atoms with Gasteiger partial charge in [0.2, 0.25) is 0 Å². The number of hydrogen-bond acceptors (Lipinski definition) is 1. The molecular formula is C8H11F2N. The molecule has 1 saturated heterocycles. The number of alkyl halides is 2. The van der Waals surface area contributed by atoms with Crippen LogP contribution in [0.2, 0.25) is 0 Å². The van der Waals surface area contributed by atoms with Crippen molar-refractivity contribution in [2.75, 3.05) is 13.1 Å². The fourth-order valence-corrected chi connectivity index (χ4v) is 1.83. The van der Waals surface area contributed by atoms with Gasteiger partial charge in [-0.25, -0.2) is 8.78 Å². The van der Waals surface area contributed by atoms with Crippen molar-refractivity contribution < 1.29 is 8.78 Å². The van der Waals surface area contributed by atoms with Crippen molar-refractivity contribution in [2.45, 2.75) is 19.3 Å². The van der Waals surface area contributed by atoms with Gasteiger partial charge in [-0.1, -0.05) is 6.92 Å². The van der Waals surface area contributed by atoms with Crippen molar-refractivity contribution in [3.63, 3.8) is 0 Å². The molecule has 0 saturated carbocycles. The van der Waals surface area contributed by atoms with Crippen LogP contribution in [-0.2, 0) is 0 Å². The lowest BCUT2D eigenvalue weighted by Crippen LogP contribution is -2.21. The van der Waals surface area contributed by atoms with E-state index in [-0.39, 0.29) is 5.92 Å². The lowest BCUT2D eigenvalue weighted by molar-refractivity contribution is 0.257. The normalized spacial score (nSPS) is 42.6. The Morgan fingerprint density at radius 3 is 2.82 bits per heavy atom. The summed E-state index contributed by atoms with van der Waals surface area (Å²) in [5, 5.41) is 0. The molecule has 0 amide bonds. The van der Waals surface area contributed by atoms with E-state index < -0.39 is 12.3 Å². The Hall–Kier alpha value is -0.600. The molecule has 0 N–H and O–H groups in total. The summed E-state index contributed by atoms with van der Waals surface area (Å²) < 4.78 is 25.7. The Balaban J connectivity index is 2.21. The van der Waals surface area contributed by atoms with Gasteiger partial charge in [0.25, 0.3) is 0 Å². The first kappa shape index (κ1) is 7.07. The van der Waals surface area contributed by atoms with Crippen LogP contribution in [0.5, 0.6) is 0 Å². The fourth-order valence-electron chi connectivity index (χ4n) is 1.83. The summed E-state index contributed by atoms with van der Waals surface area (Å²) in [4.78, 5) is 1.81. The summed E-state index contributed by atoms with van der Waals surface area (Å²) in [5.74, 6) is -0.101. The van der Waals surface area contributed by atoms with Gasteiger partial charge in [0.05, 0.1) is 6.54 Å². The van der Waals surface area contributed by atoms with Gasteiger partial charge in [0.1, 0.15) is 12.3 Å². The van der Waals surface area contributed by atoms with E-state index in [2.05, 4.69) is 0 Å². The molecule has 2 aliphatic rings. The minimum absolute atomic E-state index is 0.101. The Labute approximate surface area is 64.7 Å². The van der Waals surface area contributed by atoms with Gasteiger partial charge in [-0.2, -0.15) is 0 Å². The second kappa shape index (κ2) is 2.19. The zero-order chi connectivity index (χ0) is 8.01. The highest BCUT2D eigenvalue weighted by molar-refractivity contribution is 5.20. The van der Waals surface area contributed by atoms with Crippen LogP contribution in [0.4, 0.5) is 8.78 Å². The van der Waals surface area contributed by atoms with Gasteiger partial charge in [0, 0.05) is 18.2 Å². The quantitative estimate of drug-likeness (QED) is 0.518. The van der Waals surface area contributed by atoms with Crippen molar-refractivity contribution >= 4 is 0 Å². The van der Waals surface area contributed by atoms with E-state index in [0.717, 1.165) is 5.70 Å². The molecule has 2 unspecified atom stereocenters. The maximum absolute atomic E-state index is 13.0. The lowest BCUT2D eigenvalue weighted by Gasteiger charge is -2.12. The third kappa shape index (κ3) is 0.940. The third-order valence-corrected chi connectivity index (χ3v) is 2.52. The molecule has 62 valence electrons. The van der Waals surface area contributed by atoms with E-state index in [9.17, 15) is 8.78 Å². The monoisotopic (exact) mass is 159 g/mol. The van der Waals surface area contributed by atoms with Gasteiger partial charge in [-0.15, -0.1) is 0 Å². The molecule has 2 heterocycles. The van der Waals surface area contributed by atoms with E-state index >= 15 is 0 Å². The van der Waals surface area contributed by atoms with Crippen LogP contribution in [0, 0.1) is 5.92 Å². The largest absolute Gasteiger partial charge is 0.368 e. The molecule has 3 atom stereocenters. The van der Waals surface area contributed by atoms with Crippen LogP contribution in [0.1, 0.15) is 6.92 Å². The highest BCUT2D eigenvalue weighted by Crippen LogP contribution is 2.34. The molecule has 0 bridgehead atoms. The molecule has 0 radical (unpaired) electrons. The minimum atomic E-state index is -0.875. The minimum Gasteiger partial charge on any atom is -0.368 e. The fraction of sp³-hybridized carbons (Fsp3) is 0.750. The third-order valence-electron chi connectivity index (χ3n) is 2.52. The molecule has 1 fully saturated rings. The second-order valence-corrected chi connectivity index (χ2v) is 3.32. The van der Waals surface area contributed by atoms with E-state index in [0.29, 0.717) is 13.1 Å². The number of halogens is 2. The molecule has 2 aliphatic heterocycles. The molecule has 0 aliphatic carbocycles. The summed E-state index contributed by atoms with van der Waals surface area (Å²) >= 11 is 0. The van der Waals surface area contributed by atoms with Crippen LogP contribution < -0.4 is 0 Å². The van der Waals surface area contributed by atoms with Crippen molar-refractivity contribution in [1.29, 1.82) is 0 Å². The number of nitrogens with zero attached hydrogens (tertiary/aromatic N) is 1. The number of fused-ring (bicyclic) bond motifs is 1. The van der Waals surface area contributed by atoms with Gasteiger partial charge in [-0.05, 0) is 6.08 Å². The summed E-state index contributed by atoms with van der Waals surface area (Å²) in [5.41, 5.74) is 0.866. The van der Waals surface area contributed by atoms with Gasteiger partial charge in [-0.3, -0.25) is 0 Å². The predicted octanol–water partition coefficient (Wildman–Crippen LogP) is 1.51. The van der Waals surface area contributed by atoms with Crippen LogP contribution in [-0.4, -0.2) is 30.3 Å². The SMILES string of the molecule is CC1C2=CC(F)CN2C[C@@H]1F. The topological polar surface area (TPSA) is 3.24 Å². The van der Waals surface area contributed by atoms with Crippen molar-refractivity contribution in [1.82, 2.24) is 4.90 Å². The number of rotatable bonds is 0. The maximum Gasteiger partial charge on any atom is 0.138 e. The Morgan fingerprint density at radius 2 is 2.18 bits per heavy atom. The maximum atomic E-state index is 13.0. The first-order valence-electron chi connectivity index (χ1n) is 3.93. The second-order valence-electron chi connectivity index (χ2n) is 3.32. The summed E-state index contributed by atoms with van der Waals surface area (Å²) in [6.07, 6.45) is -0.127. The molecule has 1 nitrogen and oxygen atoms in total. The zero-order valence-corrected chi connectivity index (χ0v) is 6.43.